The SMILES string of the molecule is CC(OCc1ccccc1)C(=O)NCc1ccc(C(=O)N2CCN(C)CC2)cc1. The first-order valence-corrected chi connectivity index (χ1v) is 10.0. The van der Waals surface area contributed by atoms with E-state index in [1.54, 1.807) is 6.92 Å². The van der Waals surface area contributed by atoms with E-state index in [2.05, 4.69) is 17.3 Å². The summed E-state index contributed by atoms with van der Waals surface area (Å²) in [5, 5.41) is 2.89. The maximum absolute atomic E-state index is 12.6. The van der Waals surface area contributed by atoms with Crippen LogP contribution < -0.4 is 5.32 Å². The Balaban J connectivity index is 1.44. The van der Waals surface area contributed by atoms with Crippen molar-refractivity contribution in [2.24, 2.45) is 0 Å². The highest BCUT2D eigenvalue weighted by atomic mass is 16.5. The zero-order valence-electron chi connectivity index (χ0n) is 17.1. The molecular weight excluding hydrogens is 366 g/mol. The smallest absolute Gasteiger partial charge is 0.253 e. The van der Waals surface area contributed by atoms with E-state index in [1.807, 2.05) is 59.5 Å². The van der Waals surface area contributed by atoms with Crippen LogP contribution in [-0.4, -0.2) is 60.9 Å². The highest BCUT2D eigenvalue weighted by Crippen LogP contribution is 2.10. The van der Waals surface area contributed by atoms with E-state index in [0.29, 0.717) is 18.7 Å². The van der Waals surface area contributed by atoms with Gasteiger partial charge in [-0.3, -0.25) is 9.59 Å². The molecule has 0 spiro atoms. The number of piperazine rings is 1. The maximum Gasteiger partial charge on any atom is 0.253 e. The Morgan fingerprint density at radius 3 is 2.28 bits per heavy atom. The number of carbonyl (C=O) groups excluding carboxylic acids is 2. The minimum Gasteiger partial charge on any atom is -0.364 e. The van der Waals surface area contributed by atoms with Crippen molar-refractivity contribution in [3.63, 3.8) is 0 Å². The molecule has 2 amide bonds. The standard InChI is InChI=1S/C23H29N3O3/c1-18(29-17-20-6-4-3-5-7-20)22(27)24-16-19-8-10-21(11-9-19)23(28)26-14-12-25(2)13-15-26/h3-11,18H,12-17H2,1-2H3,(H,24,27). The van der Waals surface area contributed by atoms with Crippen molar-refractivity contribution in [2.75, 3.05) is 33.2 Å². The Morgan fingerprint density at radius 1 is 0.966 bits per heavy atom. The second kappa shape index (κ2) is 10.2. The van der Waals surface area contributed by atoms with Gasteiger partial charge in [0, 0.05) is 38.3 Å². The number of carbonyl (C=O) groups is 2. The third kappa shape index (κ3) is 6.14. The Labute approximate surface area is 172 Å². The number of benzene rings is 2. The number of amides is 2. The van der Waals surface area contributed by atoms with Gasteiger partial charge in [0.25, 0.3) is 5.91 Å². The quantitative estimate of drug-likeness (QED) is 0.782. The lowest BCUT2D eigenvalue weighted by atomic mass is 10.1. The van der Waals surface area contributed by atoms with Gasteiger partial charge in [0.05, 0.1) is 6.61 Å². The molecule has 1 aliphatic heterocycles. The summed E-state index contributed by atoms with van der Waals surface area (Å²) in [5.41, 5.74) is 2.67. The van der Waals surface area contributed by atoms with Crippen LogP contribution in [0.1, 0.15) is 28.4 Å². The first kappa shape index (κ1) is 21.0. The van der Waals surface area contributed by atoms with Crippen molar-refractivity contribution >= 4 is 11.8 Å². The molecule has 1 N–H and O–H groups in total. The summed E-state index contributed by atoms with van der Waals surface area (Å²) in [5.74, 6) is -0.0878. The van der Waals surface area contributed by atoms with Crippen LogP contribution in [0.25, 0.3) is 0 Å². The van der Waals surface area contributed by atoms with E-state index in [1.165, 1.54) is 0 Å². The minimum absolute atomic E-state index is 0.0663. The van der Waals surface area contributed by atoms with Crippen LogP contribution in [0.3, 0.4) is 0 Å². The molecule has 154 valence electrons. The summed E-state index contributed by atoms with van der Waals surface area (Å²) in [4.78, 5) is 28.9. The van der Waals surface area contributed by atoms with Gasteiger partial charge in [-0.15, -0.1) is 0 Å². The summed E-state index contributed by atoms with van der Waals surface area (Å²) in [6, 6.07) is 17.2. The fourth-order valence-electron chi connectivity index (χ4n) is 3.16. The molecule has 1 heterocycles. The van der Waals surface area contributed by atoms with E-state index < -0.39 is 6.10 Å². The molecular formula is C23H29N3O3. The van der Waals surface area contributed by atoms with Gasteiger partial charge in [0.1, 0.15) is 6.10 Å². The Hall–Kier alpha value is -2.70. The molecule has 6 nitrogen and oxygen atoms in total. The van der Waals surface area contributed by atoms with Crippen molar-refractivity contribution in [3.8, 4) is 0 Å². The molecule has 6 heteroatoms. The van der Waals surface area contributed by atoms with Crippen LogP contribution >= 0.6 is 0 Å². The fraction of sp³-hybridized carbons (Fsp3) is 0.391. The summed E-state index contributed by atoms with van der Waals surface area (Å²) in [6.45, 7) is 5.87. The van der Waals surface area contributed by atoms with E-state index >= 15 is 0 Å². The number of hydrogen-bond donors (Lipinski definition) is 1. The van der Waals surface area contributed by atoms with Gasteiger partial charge in [0.2, 0.25) is 5.91 Å². The Morgan fingerprint density at radius 2 is 1.62 bits per heavy atom. The molecule has 1 saturated heterocycles. The van der Waals surface area contributed by atoms with E-state index in [4.69, 9.17) is 4.74 Å². The molecule has 1 aliphatic rings. The molecule has 1 unspecified atom stereocenters. The number of nitrogens with zero attached hydrogens (tertiary/aromatic N) is 2. The molecule has 0 saturated carbocycles. The van der Waals surface area contributed by atoms with Crippen LogP contribution in [0.15, 0.2) is 54.6 Å². The highest BCUT2D eigenvalue weighted by Gasteiger charge is 2.20. The summed E-state index contributed by atoms with van der Waals surface area (Å²) >= 11 is 0. The molecule has 1 atom stereocenters. The molecule has 0 aromatic heterocycles. The van der Waals surface area contributed by atoms with Crippen molar-refractivity contribution in [1.29, 1.82) is 0 Å². The van der Waals surface area contributed by atoms with Crippen molar-refractivity contribution in [2.45, 2.75) is 26.2 Å². The third-order valence-electron chi connectivity index (χ3n) is 5.17. The van der Waals surface area contributed by atoms with Crippen LogP contribution in [-0.2, 0) is 22.7 Å². The third-order valence-corrected chi connectivity index (χ3v) is 5.17. The molecule has 3 rings (SSSR count). The van der Waals surface area contributed by atoms with Gasteiger partial charge in [-0.1, -0.05) is 42.5 Å². The Bertz CT molecular complexity index is 800. The number of nitrogens with one attached hydrogen (secondary N) is 1. The fourth-order valence-corrected chi connectivity index (χ4v) is 3.16. The zero-order chi connectivity index (χ0) is 20.6. The lowest BCUT2D eigenvalue weighted by Crippen LogP contribution is -2.47. The summed E-state index contributed by atoms with van der Waals surface area (Å²) < 4.78 is 5.64. The van der Waals surface area contributed by atoms with Crippen LogP contribution in [0.2, 0.25) is 0 Å². The largest absolute Gasteiger partial charge is 0.364 e. The highest BCUT2D eigenvalue weighted by molar-refractivity contribution is 5.94. The molecule has 1 fully saturated rings. The van der Waals surface area contributed by atoms with Crippen molar-refractivity contribution < 1.29 is 14.3 Å². The lowest BCUT2D eigenvalue weighted by molar-refractivity contribution is -0.132. The molecule has 29 heavy (non-hydrogen) atoms. The first-order valence-electron chi connectivity index (χ1n) is 10.0. The van der Waals surface area contributed by atoms with Crippen molar-refractivity contribution in [3.05, 3.63) is 71.3 Å². The van der Waals surface area contributed by atoms with Gasteiger partial charge in [-0.05, 0) is 37.2 Å². The predicted molar refractivity (Wildman–Crippen MR) is 112 cm³/mol. The van der Waals surface area contributed by atoms with Crippen molar-refractivity contribution in [1.82, 2.24) is 15.1 Å². The Kier molecular flexibility index (Phi) is 7.38. The predicted octanol–water partition coefficient (Wildman–Crippen LogP) is 2.30. The maximum atomic E-state index is 12.6. The average Bonchev–Trinajstić information content (AvgIpc) is 2.77. The molecule has 2 aromatic carbocycles. The monoisotopic (exact) mass is 395 g/mol. The average molecular weight is 396 g/mol. The summed E-state index contributed by atoms with van der Waals surface area (Å²) in [6.07, 6.45) is -0.534. The first-order chi connectivity index (χ1) is 14.0. The number of ether oxygens (including phenoxy) is 1. The number of likely N-dealkylation sites (N-methyl/N-ethyl adjacent to an activating group) is 1. The van der Waals surface area contributed by atoms with Crippen LogP contribution in [0.5, 0.6) is 0 Å². The van der Waals surface area contributed by atoms with E-state index in [9.17, 15) is 9.59 Å². The van der Waals surface area contributed by atoms with Gasteiger partial charge < -0.3 is 19.9 Å². The van der Waals surface area contributed by atoms with E-state index in [-0.39, 0.29) is 11.8 Å². The molecule has 0 bridgehead atoms. The van der Waals surface area contributed by atoms with Gasteiger partial charge in [0.15, 0.2) is 0 Å². The lowest BCUT2D eigenvalue weighted by Gasteiger charge is -2.32. The van der Waals surface area contributed by atoms with Crippen LogP contribution in [0, 0.1) is 0 Å². The molecule has 0 aliphatic carbocycles. The number of rotatable bonds is 7. The zero-order valence-corrected chi connectivity index (χ0v) is 17.1. The summed E-state index contributed by atoms with van der Waals surface area (Å²) in [7, 11) is 2.07. The topological polar surface area (TPSA) is 61.9 Å². The second-order valence-corrected chi connectivity index (χ2v) is 7.45. The van der Waals surface area contributed by atoms with Gasteiger partial charge in [-0.2, -0.15) is 0 Å². The van der Waals surface area contributed by atoms with Gasteiger partial charge >= 0.3 is 0 Å². The van der Waals surface area contributed by atoms with E-state index in [0.717, 1.165) is 37.3 Å². The molecule has 2 aromatic rings. The number of hydrogen-bond acceptors (Lipinski definition) is 4. The second-order valence-electron chi connectivity index (χ2n) is 7.45. The minimum atomic E-state index is -0.534. The normalized spacial score (nSPS) is 15.7. The molecule has 0 radical (unpaired) electrons. The van der Waals surface area contributed by atoms with Gasteiger partial charge in [-0.25, -0.2) is 0 Å². The van der Waals surface area contributed by atoms with Crippen LogP contribution in [0.4, 0.5) is 0 Å².